The molecule has 1 rings (SSSR count). The molecule has 0 spiro atoms. The van der Waals surface area contributed by atoms with E-state index in [9.17, 15) is 0 Å². The standard InChI is InChI=1S/C17H29NO/c1-6-18-11-7-8-15(5)19-17-12-16(13(2)3)10-9-14(17)4/h9-10,12-13,15,18H,6-8,11H2,1-5H3. The van der Waals surface area contributed by atoms with Crippen molar-refractivity contribution in [2.24, 2.45) is 0 Å². The van der Waals surface area contributed by atoms with Crippen LogP contribution in [0.2, 0.25) is 0 Å². The van der Waals surface area contributed by atoms with E-state index in [1.54, 1.807) is 0 Å². The highest BCUT2D eigenvalue weighted by Crippen LogP contribution is 2.25. The molecule has 2 nitrogen and oxygen atoms in total. The molecule has 0 heterocycles. The minimum Gasteiger partial charge on any atom is -0.490 e. The summed E-state index contributed by atoms with van der Waals surface area (Å²) in [7, 11) is 0. The monoisotopic (exact) mass is 263 g/mol. The molecular weight excluding hydrogens is 234 g/mol. The quantitative estimate of drug-likeness (QED) is 0.707. The maximum absolute atomic E-state index is 6.09. The molecule has 0 bridgehead atoms. The van der Waals surface area contributed by atoms with E-state index in [1.807, 2.05) is 0 Å². The Bertz CT molecular complexity index is 374. The van der Waals surface area contributed by atoms with Crippen molar-refractivity contribution in [3.05, 3.63) is 29.3 Å². The van der Waals surface area contributed by atoms with Crippen LogP contribution >= 0.6 is 0 Å². The van der Waals surface area contributed by atoms with E-state index in [1.165, 1.54) is 11.1 Å². The molecule has 0 radical (unpaired) electrons. The summed E-state index contributed by atoms with van der Waals surface area (Å²) in [5.41, 5.74) is 2.57. The number of nitrogens with one attached hydrogen (secondary N) is 1. The highest BCUT2D eigenvalue weighted by molar-refractivity contribution is 5.37. The Kier molecular flexibility index (Phi) is 6.93. The van der Waals surface area contributed by atoms with E-state index in [0.717, 1.165) is 31.7 Å². The molecule has 0 aliphatic heterocycles. The van der Waals surface area contributed by atoms with Crippen LogP contribution in [0.5, 0.6) is 5.75 Å². The van der Waals surface area contributed by atoms with Gasteiger partial charge in [-0.3, -0.25) is 0 Å². The first-order chi connectivity index (χ1) is 9.04. The summed E-state index contributed by atoms with van der Waals surface area (Å²) in [6.07, 6.45) is 2.54. The highest BCUT2D eigenvalue weighted by Gasteiger charge is 2.08. The second-order valence-corrected chi connectivity index (χ2v) is 5.60. The van der Waals surface area contributed by atoms with E-state index >= 15 is 0 Å². The van der Waals surface area contributed by atoms with Crippen molar-refractivity contribution >= 4 is 0 Å². The normalized spacial score (nSPS) is 12.7. The Morgan fingerprint density at radius 1 is 1.21 bits per heavy atom. The number of hydrogen-bond donors (Lipinski definition) is 1. The lowest BCUT2D eigenvalue weighted by Crippen LogP contribution is -2.18. The minimum absolute atomic E-state index is 0.278. The molecular formula is C17H29NO. The van der Waals surface area contributed by atoms with Gasteiger partial charge in [0.15, 0.2) is 0 Å². The van der Waals surface area contributed by atoms with Crippen LogP contribution in [0.4, 0.5) is 0 Å². The molecule has 2 heteroatoms. The van der Waals surface area contributed by atoms with Crippen LogP contribution in [0.3, 0.4) is 0 Å². The molecule has 1 N–H and O–H groups in total. The van der Waals surface area contributed by atoms with Crippen molar-refractivity contribution in [1.82, 2.24) is 5.32 Å². The van der Waals surface area contributed by atoms with Gasteiger partial charge >= 0.3 is 0 Å². The van der Waals surface area contributed by atoms with Crippen LogP contribution in [0.15, 0.2) is 18.2 Å². The SMILES string of the molecule is CCNCCCC(C)Oc1cc(C(C)C)ccc1C. The van der Waals surface area contributed by atoms with Gasteiger partial charge in [-0.25, -0.2) is 0 Å². The maximum Gasteiger partial charge on any atom is 0.122 e. The van der Waals surface area contributed by atoms with E-state index in [2.05, 4.69) is 58.1 Å². The van der Waals surface area contributed by atoms with Crippen LogP contribution < -0.4 is 10.1 Å². The third-order valence-electron chi connectivity index (χ3n) is 3.42. The summed E-state index contributed by atoms with van der Waals surface area (Å²) in [6, 6.07) is 6.56. The molecule has 0 aromatic heterocycles. The molecule has 0 amide bonds. The molecule has 1 unspecified atom stereocenters. The Morgan fingerprint density at radius 3 is 2.58 bits per heavy atom. The first-order valence-corrected chi connectivity index (χ1v) is 7.52. The summed E-state index contributed by atoms with van der Waals surface area (Å²) in [5.74, 6) is 1.59. The molecule has 108 valence electrons. The minimum atomic E-state index is 0.278. The Labute approximate surface area is 118 Å². The van der Waals surface area contributed by atoms with Gasteiger partial charge < -0.3 is 10.1 Å². The largest absolute Gasteiger partial charge is 0.490 e. The van der Waals surface area contributed by atoms with Crippen LogP contribution in [-0.4, -0.2) is 19.2 Å². The number of hydrogen-bond acceptors (Lipinski definition) is 2. The zero-order valence-corrected chi connectivity index (χ0v) is 13.1. The lowest BCUT2D eigenvalue weighted by Gasteiger charge is -2.18. The fourth-order valence-corrected chi connectivity index (χ4v) is 2.07. The summed E-state index contributed by atoms with van der Waals surface area (Å²) in [4.78, 5) is 0. The zero-order chi connectivity index (χ0) is 14.3. The second kappa shape index (κ2) is 8.21. The smallest absolute Gasteiger partial charge is 0.122 e. The summed E-state index contributed by atoms with van der Waals surface area (Å²) in [5, 5.41) is 3.35. The van der Waals surface area contributed by atoms with Gasteiger partial charge in [0.1, 0.15) is 5.75 Å². The molecule has 1 atom stereocenters. The topological polar surface area (TPSA) is 21.3 Å². The predicted molar refractivity (Wildman–Crippen MR) is 83.1 cm³/mol. The van der Waals surface area contributed by atoms with Crippen molar-refractivity contribution in [2.75, 3.05) is 13.1 Å². The Hall–Kier alpha value is -1.02. The van der Waals surface area contributed by atoms with Gasteiger partial charge in [-0.15, -0.1) is 0 Å². The average Bonchev–Trinajstić information content (AvgIpc) is 2.37. The van der Waals surface area contributed by atoms with E-state index in [0.29, 0.717) is 5.92 Å². The number of ether oxygens (including phenoxy) is 1. The van der Waals surface area contributed by atoms with Crippen molar-refractivity contribution in [3.8, 4) is 5.75 Å². The number of aryl methyl sites for hydroxylation is 1. The third kappa shape index (κ3) is 5.65. The van der Waals surface area contributed by atoms with Gasteiger partial charge in [0, 0.05) is 0 Å². The Balaban J connectivity index is 2.53. The van der Waals surface area contributed by atoms with Gasteiger partial charge in [-0.2, -0.15) is 0 Å². The fraction of sp³-hybridized carbons (Fsp3) is 0.647. The second-order valence-electron chi connectivity index (χ2n) is 5.60. The molecule has 0 aliphatic rings. The van der Waals surface area contributed by atoms with Gasteiger partial charge in [-0.1, -0.05) is 32.9 Å². The van der Waals surface area contributed by atoms with Crippen molar-refractivity contribution < 1.29 is 4.74 Å². The van der Waals surface area contributed by atoms with Crippen LogP contribution in [0.1, 0.15) is 57.6 Å². The van der Waals surface area contributed by atoms with E-state index in [4.69, 9.17) is 4.74 Å². The van der Waals surface area contributed by atoms with E-state index < -0.39 is 0 Å². The first kappa shape index (κ1) is 16.0. The fourth-order valence-electron chi connectivity index (χ4n) is 2.07. The zero-order valence-electron chi connectivity index (χ0n) is 13.1. The molecule has 0 saturated heterocycles. The van der Waals surface area contributed by atoms with E-state index in [-0.39, 0.29) is 6.10 Å². The number of rotatable bonds is 8. The van der Waals surface area contributed by atoms with Gasteiger partial charge in [-0.05, 0) is 62.9 Å². The Morgan fingerprint density at radius 2 is 1.95 bits per heavy atom. The molecule has 0 saturated carbocycles. The predicted octanol–water partition coefficient (Wildman–Crippen LogP) is 4.28. The van der Waals surface area contributed by atoms with Crippen molar-refractivity contribution in [3.63, 3.8) is 0 Å². The summed E-state index contributed by atoms with van der Waals surface area (Å²) in [6.45, 7) is 13.0. The summed E-state index contributed by atoms with van der Waals surface area (Å²) >= 11 is 0. The lowest BCUT2D eigenvalue weighted by molar-refractivity contribution is 0.206. The maximum atomic E-state index is 6.09. The van der Waals surface area contributed by atoms with Gasteiger partial charge in [0.2, 0.25) is 0 Å². The lowest BCUT2D eigenvalue weighted by atomic mass is 10.0. The van der Waals surface area contributed by atoms with Crippen LogP contribution in [-0.2, 0) is 0 Å². The first-order valence-electron chi connectivity index (χ1n) is 7.52. The molecule has 0 fully saturated rings. The highest BCUT2D eigenvalue weighted by atomic mass is 16.5. The van der Waals surface area contributed by atoms with Crippen LogP contribution in [0, 0.1) is 6.92 Å². The van der Waals surface area contributed by atoms with Crippen molar-refractivity contribution in [2.45, 2.75) is 59.5 Å². The molecule has 1 aromatic carbocycles. The van der Waals surface area contributed by atoms with Crippen molar-refractivity contribution in [1.29, 1.82) is 0 Å². The molecule has 0 aliphatic carbocycles. The van der Waals surface area contributed by atoms with Crippen LogP contribution in [0.25, 0.3) is 0 Å². The molecule has 19 heavy (non-hydrogen) atoms. The van der Waals surface area contributed by atoms with Gasteiger partial charge in [0.05, 0.1) is 6.10 Å². The van der Waals surface area contributed by atoms with Gasteiger partial charge in [0.25, 0.3) is 0 Å². The third-order valence-corrected chi connectivity index (χ3v) is 3.42. The average molecular weight is 263 g/mol. The number of benzene rings is 1. The summed E-state index contributed by atoms with van der Waals surface area (Å²) < 4.78 is 6.09. The molecule has 1 aromatic rings.